The second-order valence-electron chi connectivity index (χ2n) is 2.82. The number of ketones is 1. The minimum absolute atomic E-state index is 0.0827. The Bertz CT molecular complexity index is 191. The predicted octanol–water partition coefficient (Wildman–Crippen LogP) is -0.272. The highest BCUT2D eigenvalue weighted by atomic mass is 16.5. The summed E-state index contributed by atoms with van der Waals surface area (Å²) in [6, 6.07) is 0. The van der Waals surface area contributed by atoms with Gasteiger partial charge in [-0.15, -0.1) is 0 Å². The Kier molecular flexibility index (Phi) is 3.22. The SMILES string of the molecule is CCOC(=O)C1CNCC(=O)C1. The highest BCUT2D eigenvalue weighted by molar-refractivity contribution is 5.87. The molecule has 1 saturated heterocycles. The van der Waals surface area contributed by atoms with Crippen LogP contribution in [0.5, 0.6) is 0 Å². The van der Waals surface area contributed by atoms with Crippen molar-refractivity contribution in [1.82, 2.24) is 5.32 Å². The van der Waals surface area contributed by atoms with E-state index in [-0.39, 0.29) is 17.7 Å². The van der Waals surface area contributed by atoms with Crippen LogP contribution in [0.15, 0.2) is 0 Å². The maximum absolute atomic E-state index is 11.1. The topological polar surface area (TPSA) is 55.4 Å². The van der Waals surface area contributed by atoms with Crippen molar-refractivity contribution in [1.29, 1.82) is 0 Å². The third-order valence-electron chi connectivity index (χ3n) is 1.81. The van der Waals surface area contributed by atoms with Gasteiger partial charge in [0, 0.05) is 13.0 Å². The normalized spacial score (nSPS) is 23.8. The van der Waals surface area contributed by atoms with E-state index >= 15 is 0 Å². The minimum Gasteiger partial charge on any atom is -0.466 e. The predicted molar refractivity (Wildman–Crippen MR) is 42.6 cm³/mol. The highest BCUT2D eigenvalue weighted by Crippen LogP contribution is 2.08. The third kappa shape index (κ3) is 2.30. The first kappa shape index (κ1) is 9.19. The molecule has 12 heavy (non-hydrogen) atoms. The summed E-state index contributed by atoms with van der Waals surface area (Å²) in [6.45, 7) is 3.08. The lowest BCUT2D eigenvalue weighted by Crippen LogP contribution is -2.40. The van der Waals surface area contributed by atoms with Gasteiger partial charge in [0.15, 0.2) is 0 Å². The number of Topliss-reactive ketones (excluding diaryl/α,β-unsaturated/α-hetero) is 1. The largest absolute Gasteiger partial charge is 0.466 e. The van der Waals surface area contributed by atoms with Crippen molar-refractivity contribution in [2.45, 2.75) is 13.3 Å². The molecule has 0 bridgehead atoms. The number of rotatable bonds is 2. The van der Waals surface area contributed by atoms with Crippen molar-refractivity contribution in [2.24, 2.45) is 5.92 Å². The average Bonchev–Trinajstić information content (AvgIpc) is 2.05. The lowest BCUT2D eigenvalue weighted by Gasteiger charge is -2.19. The molecule has 0 radical (unpaired) electrons. The van der Waals surface area contributed by atoms with Gasteiger partial charge in [-0.25, -0.2) is 0 Å². The minimum atomic E-state index is -0.272. The summed E-state index contributed by atoms with van der Waals surface area (Å²) in [4.78, 5) is 22.0. The molecule has 1 unspecified atom stereocenters. The molecule has 1 heterocycles. The van der Waals surface area contributed by atoms with E-state index in [1.54, 1.807) is 6.92 Å². The van der Waals surface area contributed by atoms with Crippen molar-refractivity contribution in [3.63, 3.8) is 0 Å². The molecule has 0 saturated carbocycles. The second-order valence-corrected chi connectivity index (χ2v) is 2.82. The molecule has 1 aliphatic heterocycles. The number of ether oxygens (including phenoxy) is 1. The molecule has 4 nitrogen and oxygen atoms in total. The molecule has 1 aliphatic rings. The molecule has 0 aliphatic carbocycles. The van der Waals surface area contributed by atoms with Gasteiger partial charge in [0.25, 0.3) is 0 Å². The maximum Gasteiger partial charge on any atom is 0.310 e. The van der Waals surface area contributed by atoms with Gasteiger partial charge < -0.3 is 10.1 Å². The van der Waals surface area contributed by atoms with Crippen LogP contribution in [0.4, 0.5) is 0 Å². The number of esters is 1. The van der Waals surface area contributed by atoms with Gasteiger partial charge in [-0.05, 0) is 6.92 Å². The Hall–Kier alpha value is -0.900. The number of hydrogen-bond acceptors (Lipinski definition) is 4. The first-order valence-electron chi connectivity index (χ1n) is 4.13. The van der Waals surface area contributed by atoms with Gasteiger partial charge in [0.1, 0.15) is 5.78 Å². The molecular weight excluding hydrogens is 158 g/mol. The van der Waals surface area contributed by atoms with Gasteiger partial charge in [-0.1, -0.05) is 0 Å². The molecule has 1 N–H and O–H groups in total. The zero-order chi connectivity index (χ0) is 8.97. The number of carbonyl (C=O) groups is 2. The highest BCUT2D eigenvalue weighted by Gasteiger charge is 2.26. The van der Waals surface area contributed by atoms with E-state index in [2.05, 4.69) is 5.32 Å². The molecule has 68 valence electrons. The summed E-state index contributed by atoms with van der Waals surface area (Å²) in [5, 5.41) is 2.87. The Labute approximate surface area is 71.3 Å². The number of carbonyl (C=O) groups excluding carboxylic acids is 2. The van der Waals surface area contributed by atoms with E-state index in [1.807, 2.05) is 0 Å². The molecule has 4 heteroatoms. The number of piperidine rings is 1. The van der Waals surface area contributed by atoms with Crippen LogP contribution in [-0.2, 0) is 14.3 Å². The Morgan fingerprint density at radius 2 is 2.50 bits per heavy atom. The van der Waals surface area contributed by atoms with Crippen molar-refractivity contribution in [2.75, 3.05) is 19.7 Å². The monoisotopic (exact) mass is 171 g/mol. The summed E-state index contributed by atoms with van der Waals surface area (Å²) < 4.78 is 4.80. The van der Waals surface area contributed by atoms with E-state index in [0.29, 0.717) is 26.1 Å². The quantitative estimate of drug-likeness (QED) is 0.581. The standard InChI is InChI=1S/C8H13NO3/c1-2-12-8(11)6-3-7(10)5-9-4-6/h6,9H,2-5H2,1H3. The summed E-state index contributed by atoms with van der Waals surface area (Å²) in [5.41, 5.74) is 0. The molecule has 0 aromatic rings. The zero-order valence-electron chi connectivity index (χ0n) is 7.13. The molecule has 0 spiro atoms. The van der Waals surface area contributed by atoms with E-state index < -0.39 is 0 Å². The van der Waals surface area contributed by atoms with Crippen molar-refractivity contribution < 1.29 is 14.3 Å². The van der Waals surface area contributed by atoms with Gasteiger partial charge >= 0.3 is 5.97 Å². The summed E-state index contributed by atoms with van der Waals surface area (Å²) in [5.74, 6) is -0.455. The Morgan fingerprint density at radius 3 is 3.08 bits per heavy atom. The van der Waals surface area contributed by atoms with Gasteiger partial charge in [-0.3, -0.25) is 9.59 Å². The molecule has 1 atom stereocenters. The number of nitrogens with one attached hydrogen (secondary N) is 1. The molecule has 0 aromatic heterocycles. The van der Waals surface area contributed by atoms with E-state index in [9.17, 15) is 9.59 Å². The smallest absolute Gasteiger partial charge is 0.310 e. The Morgan fingerprint density at radius 1 is 1.75 bits per heavy atom. The summed E-state index contributed by atoms with van der Waals surface area (Å²) >= 11 is 0. The van der Waals surface area contributed by atoms with Crippen LogP contribution in [-0.4, -0.2) is 31.4 Å². The van der Waals surface area contributed by atoms with Gasteiger partial charge in [-0.2, -0.15) is 0 Å². The van der Waals surface area contributed by atoms with E-state index in [4.69, 9.17) is 4.74 Å². The summed E-state index contributed by atoms with van der Waals surface area (Å²) in [7, 11) is 0. The second kappa shape index (κ2) is 4.21. The van der Waals surface area contributed by atoms with Crippen LogP contribution < -0.4 is 5.32 Å². The maximum atomic E-state index is 11.1. The van der Waals surface area contributed by atoms with Crippen LogP contribution in [0.2, 0.25) is 0 Å². The third-order valence-corrected chi connectivity index (χ3v) is 1.81. The molecule has 0 amide bonds. The van der Waals surface area contributed by atoms with Crippen LogP contribution in [0.1, 0.15) is 13.3 Å². The van der Waals surface area contributed by atoms with E-state index in [1.165, 1.54) is 0 Å². The van der Waals surface area contributed by atoms with Gasteiger partial charge in [0.05, 0.1) is 19.1 Å². The molecule has 0 aromatic carbocycles. The lowest BCUT2D eigenvalue weighted by molar-refractivity contribution is -0.150. The van der Waals surface area contributed by atoms with Crippen molar-refractivity contribution in [3.8, 4) is 0 Å². The average molecular weight is 171 g/mol. The lowest BCUT2D eigenvalue weighted by atomic mass is 9.99. The first-order chi connectivity index (χ1) is 5.74. The van der Waals surface area contributed by atoms with Gasteiger partial charge in [0.2, 0.25) is 0 Å². The van der Waals surface area contributed by atoms with Crippen molar-refractivity contribution >= 4 is 11.8 Å². The van der Waals surface area contributed by atoms with Crippen LogP contribution in [0.25, 0.3) is 0 Å². The fourth-order valence-corrected chi connectivity index (χ4v) is 1.23. The Balaban J connectivity index is 2.40. The van der Waals surface area contributed by atoms with E-state index in [0.717, 1.165) is 0 Å². The van der Waals surface area contributed by atoms with Crippen LogP contribution in [0, 0.1) is 5.92 Å². The zero-order valence-corrected chi connectivity index (χ0v) is 7.13. The molecule has 1 rings (SSSR count). The fourth-order valence-electron chi connectivity index (χ4n) is 1.23. The number of hydrogen-bond donors (Lipinski definition) is 1. The molecule has 1 fully saturated rings. The summed E-state index contributed by atoms with van der Waals surface area (Å²) in [6.07, 6.45) is 0.325. The fraction of sp³-hybridized carbons (Fsp3) is 0.750. The van der Waals surface area contributed by atoms with Crippen LogP contribution in [0.3, 0.4) is 0 Å². The van der Waals surface area contributed by atoms with Crippen molar-refractivity contribution in [3.05, 3.63) is 0 Å². The molecular formula is C8H13NO3. The first-order valence-corrected chi connectivity index (χ1v) is 4.13. The van der Waals surface area contributed by atoms with Crippen LogP contribution >= 0.6 is 0 Å².